The molecule has 1 saturated heterocycles. The first kappa shape index (κ1) is 8.02. The molecular weight excluding hydrogens is 142 g/mol. The molecule has 0 spiro atoms. The van der Waals surface area contributed by atoms with Gasteiger partial charge in [0.25, 0.3) is 0 Å². The zero-order valence-corrected chi connectivity index (χ0v) is 6.45. The van der Waals surface area contributed by atoms with E-state index < -0.39 is 0 Å². The molecule has 1 rings (SSSR count). The summed E-state index contributed by atoms with van der Waals surface area (Å²) in [7, 11) is 0. The highest BCUT2D eigenvalue weighted by Crippen LogP contribution is 2.13. The quantitative estimate of drug-likeness (QED) is 0.501. The van der Waals surface area contributed by atoms with Crippen molar-refractivity contribution in [3.05, 3.63) is 0 Å². The number of hydrogen-bond donors (Lipinski definition) is 1. The van der Waals surface area contributed by atoms with Crippen molar-refractivity contribution < 1.29 is 4.79 Å². The smallest absolute Gasteiger partial charge is 0.219 e. The van der Waals surface area contributed by atoms with Crippen LogP contribution >= 0.6 is 0 Å². The van der Waals surface area contributed by atoms with Crippen LogP contribution in [0.1, 0.15) is 6.92 Å². The average molecular weight is 153 g/mol. The Bertz CT molecular complexity index is 208. The van der Waals surface area contributed by atoms with Crippen LogP contribution in [0.4, 0.5) is 0 Å². The minimum atomic E-state index is -0.182. The van der Waals surface area contributed by atoms with Gasteiger partial charge in [0.15, 0.2) is 0 Å². The Morgan fingerprint density at radius 2 is 2.36 bits per heavy atom. The summed E-state index contributed by atoms with van der Waals surface area (Å²) in [5.74, 6) is -0.183. The molecule has 60 valence electrons. The average Bonchev–Trinajstić information content (AvgIpc) is 2.31. The third-order valence-electron chi connectivity index (χ3n) is 1.98. The van der Waals surface area contributed by atoms with Crippen LogP contribution in [-0.4, -0.2) is 29.9 Å². The molecule has 1 aliphatic heterocycles. The third kappa shape index (κ3) is 1.49. The highest BCUT2D eigenvalue weighted by atomic mass is 16.2. The molecule has 0 saturated carbocycles. The lowest BCUT2D eigenvalue weighted by molar-refractivity contribution is -0.127. The SMILES string of the molecule is CC(=O)N1CC(N)C(C#N)C1. The number of carbonyl (C=O) groups is 1. The van der Waals surface area contributed by atoms with E-state index in [0.29, 0.717) is 13.1 Å². The van der Waals surface area contributed by atoms with Crippen LogP contribution in [0.25, 0.3) is 0 Å². The summed E-state index contributed by atoms with van der Waals surface area (Å²) in [4.78, 5) is 12.4. The van der Waals surface area contributed by atoms with Crippen LogP contribution in [0.3, 0.4) is 0 Å². The molecule has 2 atom stereocenters. The van der Waals surface area contributed by atoms with Crippen LogP contribution in [0.5, 0.6) is 0 Å². The molecule has 2 N–H and O–H groups in total. The standard InChI is InChI=1S/C7H11N3O/c1-5(11)10-3-6(2-8)7(9)4-10/h6-7H,3-4,9H2,1H3. The zero-order chi connectivity index (χ0) is 8.43. The second kappa shape index (κ2) is 2.89. The maximum Gasteiger partial charge on any atom is 0.219 e. The van der Waals surface area contributed by atoms with E-state index in [0.717, 1.165) is 0 Å². The Labute approximate surface area is 65.6 Å². The molecule has 1 amide bonds. The number of nitrogens with zero attached hydrogens (tertiary/aromatic N) is 2. The number of nitriles is 1. The zero-order valence-electron chi connectivity index (χ0n) is 6.45. The van der Waals surface area contributed by atoms with Gasteiger partial charge in [-0.2, -0.15) is 5.26 Å². The predicted molar refractivity (Wildman–Crippen MR) is 39.3 cm³/mol. The third-order valence-corrected chi connectivity index (χ3v) is 1.98. The summed E-state index contributed by atoms with van der Waals surface area (Å²) in [6.07, 6.45) is 0. The first-order valence-electron chi connectivity index (χ1n) is 3.56. The second-order valence-corrected chi connectivity index (χ2v) is 2.82. The van der Waals surface area contributed by atoms with Crippen LogP contribution in [0, 0.1) is 17.2 Å². The van der Waals surface area contributed by atoms with Crippen molar-refractivity contribution in [1.82, 2.24) is 4.90 Å². The fourth-order valence-corrected chi connectivity index (χ4v) is 1.22. The summed E-state index contributed by atoms with van der Waals surface area (Å²) < 4.78 is 0. The Balaban J connectivity index is 2.58. The Kier molecular flexibility index (Phi) is 2.11. The minimum Gasteiger partial charge on any atom is -0.340 e. The number of likely N-dealkylation sites (tertiary alicyclic amines) is 1. The molecule has 1 fully saturated rings. The van der Waals surface area contributed by atoms with E-state index in [4.69, 9.17) is 11.0 Å². The minimum absolute atomic E-state index is 0.00167. The molecule has 11 heavy (non-hydrogen) atoms. The van der Waals surface area contributed by atoms with Crippen LogP contribution in [0.15, 0.2) is 0 Å². The Morgan fingerprint density at radius 3 is 2.64 bits per heavy atom. The normalized spacial score (nSPS) is 30.1. The van der Waals surface area contributed by atoms with Crippen molar-refractivity contribution in [2.24, 2.45) is 11.7 Å². The van der Waals surface area contributed by atoms with Gasteiger partial charge < -0.3 is 10.6 Å². The van der Waals surface area contributed by atoms with Crippen LogP contribution in [0.2, 0.25) is 0 Å². The summed E-state index contributed by atoms with van der Waals surface area (Å²) in [6.45, 7) is 2.51. The first-order chi connectivity index (χ1) is 5.15. The van der Waals surface area contributed by atoms with Crippen LogP contribution in [-0.2, 0) is 4.79 Å². The van der Waals surface area contributed by atoms with E-state index >= 15 is 0 Å². The van der Waals surface area contributed by atoms with E-state index in [1.54, 1.807) is 4.90 Å². The van der Waals surface area contributed by atoms with Crippen LogP contribution < -0.4 is 5.73 Å². The Morgan fingerprint density at radius 1 is 1.73 bits per heavy atom. The van der Waals surface area contributed by atoms with Gasteiger partial charge in [0.1, 0.15) is 0 Å². The van der Waals surface area contributed by atoms with E-state index in [9.17, 15) is 4.79 Å². The molecule has 0 aromatic heterocycles. The monoisotopic (exact) mass is 153 g/mol. The van der Waals surface area contributed by atoms with Gasteiger partial charge in [-0.15, -0.1) is 0 Å². The van der Waals surface area contributed by atoms with Crippen molar-refractivity contribution >= 4 is 5.91 Å². The largest absolute Gasteiger partial charge is 0.340 e. The molecule has 0 radical (unpaired) electrons. The van der Waals surface area contributed by atoms with Gasteiger partial charge in [0.05, 0.1) is 12.0 Å². The molecule has 0 bridgehead atoms. The molecule has 1 aliphatic rings. The Hall–Kier alpha value is -1.08. The van der Waals surface area contributed by atoms with E-state index in [2.05, 4.69) is 6.07 Å². The predicted octanol–water partition coefficient (Wildman–Crippen LogP) is -0.684. The molecular formula is C7H11N3O. The summed E-state index contributed by atoms with van der Waals surface area (Å²) in [5, 5.41) is 8.57. The van der Waals surface area contributed by atoms with Crippen molar-refractivity contribution in [2.45, 2.75) is 13.0 Å². The van der Waals surface area contributed by atoms with Crippen molar-refractivity contribution in [1.29, 1.82) is 5.26 Å². The van der Waals surface area contributed by atoms with Gasteiger partial charge in [0, 0.05) is 26.1 Å². The lowest BCUT2D eigenvalue weighted by Crippen LogP contribution is -2.30. The lowest BCUT2D eigenvalue weighted by atomic mass is 10.1. The van der Waals surface area contributed by atoms with Gasteiger partial charge in [-0.1, -0.05) is 0 Å². The summed E-state index contributed by atoms with van der Waals surface area (Å²) in [5.41, 5.74) is 5.60. The first-order valence-corrected chi connectivity index (χ1v) is 3.56. The van der Waals surface area contributed by atoms with E-state index in [1.807, 2.05) is 0 Å². The lowest BCUT2D eigenvalue weighted by Gasteiger charge is -2.11. The van der Waals surface area contributed by atoms with Gasteiger partial charge in [0.2, 0.25) is 5.91 Å². The van der Waals surface area contributed by atoms with Crippen molar-refractivity contribution in [3.63, 3.8) is 0 Å². The van der Waals surface area contributed by atoms with Gasteiger partial charge in [-0.25, -0.2) is 0 Å². The topological polar surface area (TPSA) is 70.1 Å². The number of rotatable bonds is 0. The molecule has 2 unspecified atom stereocenters. The second-order valence-electron chi connectivity index (χ2n) is 2.82. The van der Waals surface area contributed by atoms with Gasteiger partial charge in [-0.3, -0.25) is 4.79 Å². The molecule has 0 aromatic carbocycles. The van der Waals surface area contributed by atoms with Crippen molar-refractivity contribution in [3.8, 4) is 6.07 Å². The van der Waals surface area contributed by atoms with E-state index in [1.165, 1.54) is 6.92 Å². The number of hydrogen-bond acceptors (Lipinski definition) is 3. The van der Waals surface area contributed by atoms with Gasteiger partial charge in [-0.05, 0) is 0 Å². The van der Waals surface area contributed by atoms with Gasteiger partial charge >= 0.3 is 0 Å². The maximum absolute atomic E-state index is 10.8. The fraction of sp³-hybridized carbons (Fsp3) is 0.714. The molecule has 4 heteroatoms. The highest BCUT2D eigenvalue weighted by molar-refractivity contribution is 5.73. The molecule has 0 aromatic rings. The number of nitrogens with two attached hydrogens (primary N) is 1. The summed E-state index contributed by atoms with van der Waals surface area (Å²) in [6, 6.07) is 1.92. The summed E-state index contributed by atoms with van der Waals surface area (Å²) >= 11 is 0. The molecule has 1 heterocycles. The molecule has 4 nitrogen and oxygen atoms in total. The molecule has 0 aliphatic carbocycles. The maximum atomic E-state index is 10.8. The number of carbonyl (C=O) groups excluding carboxylic acids is 1. The van der Waals surface area contributed by atoms with E-state index in [-0.39, 0.29) is 17.9 Å². The fourth-order valence-electron chi connectivity index (χ4n) is 1.22. The number of amides is 1. The van der Waals surface area contributed by atoms with Crippen molar-refractivity contribution in [2.75, 3.05) is 13.1 Å². The highest BCUT2D eigenvalue weighted by Gasteiger charge is 2.31.